The summed E-state index contributed by atoms with van der Waals surface area (Å²) >= 11 is 0. The first-order valence-corrected chi connectivity index (χ1v) is 13.8. The van der Waals surface area contributed by atoms with Crippen molar-refractivity contribution in [3.63, 3.8) is 0 Å². The first-order valence-electron chi connectivity index (χ1n) is 13.8. The van der Waals surface area contributed by atoms with Crippen LogP contribution in [0.4, 0.5) is 8.63 Å². The summed E-state index contributed by atoms with van der Waals surface area (Å²) in [6.45, 7) is 6.60. The van der Waals surface area contributed by atoms with Crippen molar-refractivity contribution in [1.29, 1.82) is 0 Å². The minimum Gasteiger partial charge on any atom is -0.462 e. The highest BCUT2D eigenvalue weighted by Gasteiger charge is 2.56. The van der Waals surface area contributed by atoms with Crippen molar-refractivity contribution in [3.8, 4) is 5.75 Å². The van der Waals surface area contributed by atoms with Crippen molar-refractivity contribution in [3.05, 3.63) is 69.2 Å². The van der Waals surface area contributed by atoms with E-state index in [-0.39, 0.29) is 0 Å². The topological polar surface area (TPSA) is 107 Å². The average molecular weight is 558 g/mol. The highest BCUT2D eigenvalue weighted by molar-refractivity contribution is 6.58. The summed E-state index contributed by atoms with van der Waals surface area (Å²) in [5.41, 5.74) is 7.08. The van der Waals surface area contributed by atoms with Crippen molar-refractivity contribution in [2.24, 2.45) is 0 Å². The number of aromatic nitrogens is 1. The highest BCUT2D eigenvalue weighted by Crippen LogP contribution is 2.47. The molecule has 216 valence electrons. The zero-order valence-corrected chi connectivity index (χ0v) is 23.7. The average Bonchev–Trinajstić information content (AvgIpc) is 3.34. The van der Waals surface area contributed by atoms with Gasteiger partial charge in [-0.1, -0.05) is 26.0 Å². The van der Waals surface area contributed by atoms with Crippen LogP contribution in [0.5, 0.6) is 5.75 Å². The second-order valence-corrected chi connectivity index (χ2v) is 10.8. The number of aliphatic hydroxyl groups excluding tert-OH is 4. The van der Waals surface area contributed by atoms with Crippen LogP contribution in [-0.4, -0.2) is 79.4 Å². The minimum atomic E-state index is -4.12. The Balaban J connectivity index is 1.63. The zero-order valence-electron chi connectivity index (χ0n) is 23.7. The lowest BCUT2D eigenvalue weighted by Gasteiger charge is -2.39. The Morgan fingerprint density at radius 1 is 0.975 bits per heavy atom. The van der Waals surface area contributed by atoms with Crippen molar-refractivity contribution in [2.75, 3.05) is 6.61 Å². The Bertz CT molecular complexity index is 1440. The molecule has 5 atom stereocenters. The number of ether oxygens (including phenoxy) is 2. The molecule has 3 aliphatic rings. The molecule has 1 saturated heterocycles. The summed E-state index contributed by atoms with van der Waals surface area (Å²) in [6.07, 6.45) is -5.74. The van der Waals surface area contributed by atoms with Gasteiger partial charge < -0.3 is 47.5 Å². The molecule has 0 radical (unpaired) electrons. The van der Waals surface area contributed by atoms with Gasteiger partial charge in [0.25, 0.3) is 0 Å². The fourth-order valence-electron chi connectivity index (χ4n) is 6.75. The molecule has 0 unspecified atom stereocenters. The number of hydrogen-bond donors (Lipinski definition) is 4. The first-order chi connectivity index (χ1) is 18.9. The highest BCUT2D eigenvalue weighted by atomic mass is 19.2. The normalized spacial score (nSPS) is 27.9. The van der Waals surface area contributed by atoms with Gasteiger partial charge in [0.05, 0.1) is 12.2 Å². The van der Waals surface area contributed by atoms with Crippen LogP contribution < -0.4 is 4.74 Å². The van der Waals surface area contributed by atoms with E-state index in [2.05, 4.69) is 0 Å². The molecule has 4 N–H and O–H groups in total. The molecule has 11 heteroatoms. The zero-order chi connectivity index (χ0) is 29.3. The Hall–Kier alpha value is -2.83. The lowest BCUT2D eigenvalue weighted by molar-refractivity contribution is -0.363. The van der Waals surface area contributed by atoms with Crippen LogP contribution in [0, 0.1) is 13.8 Å². The van der Waals surface area contributed by atoms with Gasteiger partial charge in [-0.15, -0.1) is 0 Å². The van der Waals surface area contributed by atoms with Crippen LogP contribution in [0.15, 0.2) is 41.1 Å². The van der Waals surface area contributed by atoms with Crippen LogP contribution in [0.1, 0.15) is 62.2 Å². The second-order valence-electron chi connectivity index (χ2n) is 10.8. The van der Waals surface area contributed by atoms with Crippen LogP contribution in [0.2, 0.25) is 0 Å². The quantitative estimate of drug-likeness (QED) is 0.407. The summed E-state index contributed by atoms with van der Waals surface area (Å²) in [7, 11) is 0. The lowest BCUT2D eigenvalue weighted by Crippen LogP contribution is -2.60. The van der Waals surface area contributed by atoms with Crippen LogP contribution in [-0.2, 0) is 11.2 Å². The number of hydrogen-bond acceptors (Lipinski definition) is 6. The molecule has 0 bridgehead atoms. The Morgan fingerprint density at radius 3 is 2.20 bits per heavy atom. The summed E-state index contributed by atoms with van der Waals surface area (Å²) in [6, 6.07) is 6.85. The standard InChI is InChI=1S/C29H37BF2N2O6/c1-7-20-14(3)24-23(25-15(4)21(8-2)17(6)34(25)30(31,32)33(24)16(20)5)18-9-11-19(12-10-18)39-29-28(38)27(37)26(36)22(13-35)40-29/h9-12,22,26-29,35-38H,7-8,13H2,1-6H3/t22-,26-,27+,28-,29+/m1/s1. The van der Waals surface area contributed by atoms with Crippen molar-refractivity contribution < 1.29 is 43.0 Å². The number of fused-ring (bicyclic) bond motifs is 2. The van der Waals surface area contributed by atoms with Crippen LogP contribution in [0.25, 0.3) is 5.57 Å². The first kappa shape index (κ1) is 28.7. The van der Waals surface area contributed by atoms with E-state index in [1.807, 2.05) is 27.7 Å². The summed E-state index contributed by atoms with van der Waals surface area (Å²) in [4.78, 5) is 0. The van der Waals surface area contributed by atoms with Gasteiger partial charge in [-0.2, -0.15) is 0 Å². The van der Waals surface area contributed by atoms with E-state index in [4.69, 9.17) is 9.47 Å². The Morgan fingerprint density at radius 2 is 1.62 bits per heavy atom. The number of rotatable bonds is 6. The summed E-state index contributed by atoms with van der Waals surface area (Å²) < 4.78 is 46.5. The van der Waals surface area contributed by atoms with E-state index >= 15 is 8.63 Å². The largest absolute Gasteiger partial charge is 0.737 e. The minimum absolute atomic E-state index is 0.300. The monoisotopic (exact) mass is 558 g/mol. The molecule has 8 nitrogen and oxygen atoms in total. The van der Waals surface area contributed by atoms with E-state index < -0.39 is 44.3 Å². The fraction of sp³-hybridized carbons (Fsp3) is 0.483. The number of halogens is 2. The van der Waals surface area contributed by atoms with Gasteiger partial charge in [-0.05, 0) is 68.1 Å². The number of allylic oxidation sites excluding steroid dienone is 2. The molecule has 5 rings (SSSR count). The van der Waals surface area contributed by atoms with E-state index in [1.165, 1.54) is 8.96 Å². The molecule has 0 amide bonds. The van der Waals surface area contributed by atoms with E-state index in [1.54, 1.807) is 38.1 Å². The van der Waals surface area contributed by atoms with Gasteiger partial charge in [0, 0.05) is 23.8 Å². The molecule has 1 fully saturated rings. The molecule has 0 saturated carbocycles. The molecule has 2 aromatic rings. The Labute approximate surface area is 232 Å². The van der Waals surface area contributed by atoms with Crippen LogP contribution in [0.3, 0.4) is 0 Å². The van der Waals surface area contributed by atoms with Gasteiger partial charge >= 0.3 is 6.97 Å². The maximum absolute atomic E-state index is 16.4. The molecular weight excluding hydrogens is 521 g/mol. The molecule has 4 heterocycles. The smallest absolute Gasteiger partial charge is 0.462 e. The number of aliphatic hydroxyl groups is 4. The van der Waals surface area contributed by atoms with Gasteiger partial charge in [0.2, 0.25) is 6.29 Å². The van der Waals surface area contributed by atoms with Gasteiger partial charge in [-0.25, -0.2) is 0 Å². The maximum atomic E-state index is 16.4. The molecular formula is C29H37BF2N2O6. The van der Waals surface area contributed by atoms with E-state index in [9.17, 15) is 20.4 Å². The predicted molar refractivity (Wildman–Crippen MR) is 147 cm³/mol. The third-order valence-electron chi connectivity index (χ3n) is 8.74. The second kappa shape index (κ2) is 10.2. The maximum Gasteiger partial charge on any atom is 0.737 e. The SMILES string of the molecule is CCC1=C(C)C2=C(c3ccc(O[C@H]4O[C@H](CO)[C@@H](O)[C@H](O)[C@H]4O)cc3)c3c(C)c(CC)c(C)n3[B-](F)(F)[N+]2=C1C. The third-order valence-corrected chi connectivity index (χ3v) is 8.74. The van der Waals surface area contributed by atoms with E-state index in [0.717, 1.165) is 27.8 Å². The molecule has 0 spiro atoms. The van der Waals surface area contributed by atoms with Gasteiger partial charge in [-0.3, -0.25) is 0 Å². The van der Waals surface area contributed by atoms with Crippen molar-refractivity contribution in [2.45, 2.75) is 85.1 Å². The van der Waals surface area contributed by atoms with Gasteiger partial charge in [0.1, 0.15) is 35.9 Å². The lowest BCUT2D eigenvalue weighted by atomic mass is 9.83. The fourth-order valence-corrected chi connectivity index (χ4v) is 6.75. The van der Waals surface area contributed by atoms with Crippen molar-refractivity contribution in [1.82, 2.24) is 4.48 Å². The third kappa shape index (κ3) is 4.01. The molecule has 1 aromatic heterocycles. The Kier molecular flexibility index (Phi) is 7.33. The van der Waals surface area contributed by atoms with E-state index in [0.29, 0.717) is 47.0 Å². The predicted octanol–water partition coefficient (Wildman–Crippen LogP) is 3.06. The molecule has 0 aliphatic carbocycles. The number of benzene rings is 1. The van der Waals surface area contributed by atoms with Crippen molar-refractivity contribution >= 4 is 18.3 Å². The summed E-state index contributed by atoms with van der Waals surface area (Å²) in [5.74, 6) is 0.300. The number of nitrogens with zero attached hydrogens (tertiary/aromatic N) is 2. The summed E-state index contributed by atoms with van der Waals surface area (Å²) in [5, 5.41) is 39.9. The molecule has 1 aromatic carbocycles. The van der Waals surface area contributed by atoms with Crippen LogP contribution >= 0.6 is 0 Å². The molecule has 3 aliphatic heterocycles. The van der Waals surface area contributed by atoms with Gasteiger partial charge in [0.15, 0.2) is 5.70 Å². The molecule has 40 heavy (non-hydrogen) atoms.